The van der Waals surface area contributed by atoms with Crippen LogP contribution in [0.3, 0.4) is 0 Å². The van der Waals surface area contributed by atoms with Crippen LogP contribution in [0.15, 0.2) is 0 Å². The summed E-state index contributed by atoms with van der Waals surface area (Å²) in [4.78, 5) is 5.23. The molecular formula is C10H20N2O3S. The zero-order valence-corrected chi connectivity index (χ0v) is 10.6. The lowest BCUT2D eigenvalue weighted by atomic mass is 10.0. The summed E-state index contributed by atoms with van der Waals surface area (Å²) >= 11 is 0. The number of hydrogen-bond acceptors (Lipinski definition) is 3. The van der Waals surface area contributed by atoms with Gasteiger partial charge in [-0.05, 0) is 31.6 Å². The van der Waals surface area contributed by atoms with Crippen molar-refractivity contribution in [2.75, 3.05) is 26.2 Å². The Hall–Kier alpha value is -0.170. The van der Waals surface area contributed by atoms with Gasteiger partial charge in [0.2, 0.25) is 0 Å². The third-order valence-corrected chi connectivity index (χ3v) is 4.96. The Balaban J connectivity index is 2.05. The van der Waals surface area contributed by atoms with E-state index in [1.807, 2.05) is 0 Å². The zero-order valence-electron chi connectivity index (χ0n) is 9.76. The number of hydrogen-bond donors (Lipinski definition) is 0. The van der Waals surface area contributed by atoms with E-state index in [0.29, 0.717) is 32.2 Å². The summed E-state index contributed by atoms with van der Waals surface area (Å²) in [5.41, 5.74) is 0. The molecule has 0 aromatic carbocycles. The van der Waals surface area contributed by atoms with E-state index in [2.05, 4.69) is 6.92 Å². The van der Waals surface area contributed by atoms with Crippen LogP contribution in [0.25, 0.3) is 0 Å². The molecular weight excluding hydrogens is 228 g/mol. The van der Waals surface area contributed by atoms with Gasteiger partial charge in [-0.15, -0.1) is 0 Å². The highest BCUT2D eigenvalue weighted by molar-refractivity contribution is 7.86. The van der Waals surface area contributed by atoms with Gasteiger partial charge in [-0.25, -0.2) is 0 Å². The fourth-order valence-electron chi connectivity index (χ4n) is 2.24. The molecule has 0 bridgehead atoms. The van der Waals surface area contributed by atoms with E-state index in [9.17, 15) is 8.42 Å². The minimum atomic E-state index is -3.37. The molecule has 2 fully saturated rings. The maximum Gasteiger partial charge on any atom is 0.304 e. The predicted octanol–water partition coefficient (Wildman–Crippen LogP) is 0.991. The molecule has 0 aromatic heterocycles. The molecule has 0 spiro atoms. The first-order chi connectivity index (χ1) is 7.60. The minimum absolute atomic E-state index is 0.452. The molecule has 0 aromatic rings. The first kappa shape index (κ1) is 12.3. The van der Waals surface area contributed by atoms with E-state index < -0.39 is 10.2 Å². The van der Waals surface area contributed by atoms with Gasteiger partial charge in [0.15, 0.2) is 0 Å². The van der Waals surface area contributed by atoms with Gasteiger partial charge in [-0.3, -0.25) is 4.84 Å². The van der Waals surface area contributed by atoms with Gasteiger partial charge in [0, 0.05) is 19.6 Å². The lowest BCUT2D eigenvalue weighted by molar-refractivity contribution is -0.113. The highest BCUT2D eigenvalue weighted by Crippen LogP contribution is 2.22. The first-order valence-electron chi connectivity index (χ1n) is 6.01. The average Bonchev–Trinajstić information content (AvgIpc) is 2.30. The van der Waals surface area contributed by atoms with Gasteiger partial charge in [0.25, 0.3) is 0 Å². The third-order valence-electron chi connectivity index (χ3n) is 3.17. The molecule has 0 amide bonds. The van der Waals surface area contributed by atoms with E-state index in [0.717, 1.165) is 25.7 Å². The first-order valence-corrected chi connectivity index (χ1v) is 7.41. The monoisotopic (exact) mass is 248 g/mol. The molecule has 0 saturated carbocycles. The molecule has 2 aliphatic rings. The molecule has 94 valence electrons. The van der Waals surface area contributed by atoms with Gasteiger partial charge in [0.1, 0.15) is 0 Å². The van der Waals surface area contributed by atoms with Crippen LogP contribution in [0.1, 0.15) is 32.6 Å². The summed E-state index contributed by atoms with van der Waals surface area (Å²) in [5, 5.41) is 0. The minimum Gasteiger partial charge on any atom is -0.283 e. The van der Waals surface area contributed by atoms with Crippen molar-refractivity contribution in [2.24, 2.45) is 5.92 Å². The Bertz CT molecular complexity index is 325. The van der Waals surface area contributed by atoms with Crippen LogP contribution in [-0.2, 0) is 15.0 Å². The van der Waals surface area contributed by atoms with Crippen LogP contribution in [0, 0.1) is 5.92 Å². The number of nitrogens with zero attached hydrogens (tertiary/aromatic N) is 2. The summed E-state index contributed by atoms with van der Waals surface area (Å²) in [5.74, 6) is 0.452. The second-order valence-electron chi connectivity index (χ2n) is 4.68. The van der Waals surface area contributed by atoms with Gasteiger partial charge in [0.05, 0.1) is 6.61 Å². The van der Waals surface area contributed by atoms with E-state index in [-0.39, 0.29) is 0 Å². The Morgan fingerprint density at radius 3 is 2.62 bits per heavy atom. The number of hydroxylamine groups is 1. The standard InChI is InChI=1S/C10H20N2O3S/c1-10-5-4-6-11(9-10)16(13,14)12-7-2-3-8-15-12/h10H,2-9H2,1H3. The topological polar surface area (TPSA) is 49.9 Å². The predicted molar refractivity (Wildman–Crippen MR) is 60.8 cm³/mol. The maximum atomic E-state index is 12.2. The highest BCUT2D eigenvalue weighted by Gasteiger charge is 2.34. The molecule has 1 unspecified atom stereocenters. The SMILES string of the molecule is CC1CCCN(S(=O)(=O)N2CCCCO2)C1. The van der Waals surface area contributed by atoms with E-state index in [1.165, 1.54) is 4.47 Å². The van der Waals surface area contributed by atoms with Crippen LogP contribution >= 0.6 is 0 Å². The largest absolute Gasteiger partial charge is 0.304 e. The summed E-state index contributed by atoms with van der Waals surface area (Å²) in [7, 11) is -3.37. The van der Waals surface area contributed by atoms with Gasteiger partial charge in [-0.2, -0.15) is 12.7 Å². The van der Waals surface area contributed by atoms with E-state index in [1.54, 1.807) is 4.31 Å². The Morgan fingerprint density at radius 1 is 1.19 bits per heavy atom. The lowest BCUT2D eigenvalue weighted by Crippen LogP contribution is -2.49. The second kappa shape index (κ2) is 5.00. The molecule has 0 aliphatic carbocycles. The molecule has 0 N–H and O–H groups in total. The van der Waals surface area contributed by atoms with Crippen molar-refractivity contribution in [1.29, 1.82) is 0 Å². The van der Waals surface area contributed by atoms with E-state index in [4.69, 9.17) is 4.84 Å². The van der Waals surface area contributed by atoms with Crippen LogP contribution < -0.4 is 0 Å². The van der Waals surface area contributed by atoms with Crippen molar-refractivity contribution in [1.82, 2.24) is 8.77 Å². The quantitative estimate of drug-likeness (QED) is 0.732. The second-order valence-corrected chi connectivity index (χ2v) is 6.50. The maximum absolute atomic E-state index is 12.2. The van der Waals surface area contributed by atoms with Crippen LogP contribution in [0.5, 0.6) is 0 Å². The fraction of sp³-hybridized carbons (Fsp3) is 1.00. The molecule has 6 heteroatoms. The van der Waals surface area contributed by atoms with Crippen molar-refractivity contribution in [2.45, 2.75) is 32.6 Å². The Labute approximate surface area is 97.5 Å². The summed E-state index contributed by atoms with van der Waals surface area (Å²) < 4.78 is 27.2. The fourth-order valence-corrected chi connectivity index (χ4v) is 3.87. The molecule has 2 rings (SSSR count). The normalized spacial score (nSPS) is 30.4. The molecule has 2 heterocycles. The van der Waals surface area contributed by atoms with Crippen LogP contribution in [0.2, 0.25) is 0 Å². The third kappa shape index (κ3) is 2.56. The van der Waals surface area contributed by atoms with E-state index >= 15 is 0 Å². The van der Waals surface area contributed by atoms with Gasteiger partial charge < -0.3 is 0 Å². The molecule has 5 nitrogen and oxygen atoms in total. The van der Waals surface area contributed by atoms with Crippen LogP contribution in [-0.4, -0.2) is 43.4 Å². The zero-order chi connectivity index (χ0) is 11.6. The lowest BCUT2D eigenvalue weighted by Gasteiger charge is -2.35. The Kier molecular flexibility index (Phi) is 3.84. The van der Waals surface area contributed by atoms with Crippen LogP contribution in [0.4, 0.5) is 0 Å². The van der Waals surface area contributed by atoms with Crippen molar-refractivity contribution < 1.29 is 13.3 Å². The average molecular weight is 248 g/mol. The number of piperidine rings is 1. The van der Waals surface area contributed by atoms with Crippen molar-refractivity contribution in [3.05, 3.63) is 0 Å². The molecule has 2 saturated heterocycles. The van der Waals surface area contributed by atoms with Crippen molar-refractivity contribution in [3.63, 3.8) is 0 Å². The summed E-state index contributed by atoms with van der Waals surface area (Å²) in [6.07, 6.45) is 3.91. The highest BCUT2D eigenvalue weighted by atomic mass is 32.2. The van der Waals surface area contributed by atoms with Crippen molar-refractivity contribution in [3.8, 4) is 0 Å². The Morgan fingerprint density at radius 2 is 2.00 bits per heavy atom. The summed E-state index contributed by atoms with van der Waals surface area (Å²) in [6.45, 7) is 4.36. The summed E-state index contributed by atoms with van der Waals surface area (Å²) in [6, 6.07) is 0. The molecule has 0 radical (unpaired) electrons. The van der Waals surface area contributed by atoms with Crippen molar-refractivity contribution >= 4 is 10.2 Å². The molecule has 16 heavy (non-hydrogen) atoms. The molecule has 2 aliphatic heterocycles. The molecule has 1 atom stereocenters. The van der Waals surface area contributed by atoms with Gasteiger partial charge >= 0.3 is 10.2 Å². The smallest absolute Gasteiger partial charge is 0.283 e. The van der Waals surface area contributed by atoms with Gasteiger partial charge in [-0.1, -0.05) is 11.4 Å². The number of rotatable bonds is 2.